The molecule has 1 rings (SSSR count). The molecular weight excluding hydrogens is 328 g/mol. The van der Waals surface area contributed by atoms with Gasteiger partial charge in [0, 0.05) is 19.4 Å². The molecule has 0 unspecified atom stereocenters. The maximum Gasteiger partial charge on any atom is 0.305 e. The highest BCUT2D eigenvalue weighted by molar-refractivity contribution is 5.69. The number of carbonyl (C=O) groups excluding carboxylic acids is 2. The van der Waals surface area contributed by atoms with E-state index in [-0.39, 0.29) is 0 Å². The molecule has 4 nitrogen and oxygen atoms in total. The summed E-state index contributed by atoms with van der Waals surface area (Å²) >= 11 is 0. The molecule has 0 aliphatic rings. The summed E-state index contributed by atoms with van der Waals surface area (Å²) in [4.78, 5) is 22.6. The van der Waals surface area contributed by atoms with Gasteiger partial charge in [-0.05, 0) is 36.5 Å². The molecule has 26 heavy (non-hydrogen) atoms. The molecule has 0 fully saturated rings. The third kappa shape index (κ3) is 8.84. The monoisotopic (exact) mass is 360 g/mol. The first-order valence-electron chi connectivity index (χ1n) is 9.60. The van der Waals surface area contributed by atoms with Gasteiger partial charge in [-0.15, -0.1) is 0 Å². The van der Waals surface area contributed by atoms with Gasteiger partial charge in [-0.1, -0.05) is 63.8 Å². The highest BCUT2D eigenvalue weighted by Crippen LogP contribution is 2.19. The summed E-state index contributed by atoms with van der Waals surface area (Å²) < 4.78 is 10.3. The first kappa shape index (κ1) is 21.9. The van der Waals surface area contributed by atoms with Gasteiger partial charge in [0.25, 0.3) is 6.29 Å². The van der Waals surface area contributed by atoms with Crippen molar-refractivity contribution in [2.24, 2.45) is 0 Å². The fraction of sp³-hybridized carbons (Fsp3) is 0.545. The highest BCUT2D eigenvalue weighted by Gasteiger charge is 2.19. The van der Waals surface area contributed by atoms with Crippen molar-refractivity contribution in [1.82, 2.24) is 0 Å². The summed E-state index contributed by atoms with van der Waals surface area (Å²) in [5.74, 6) is -0.956. The zero-order valence-corrected chi connectivity index (χ0v) is 16.5. The summed E-state index contributed by atoms with van der Waals surface area (Å²) in [6.45, 7) is 6.78. The van der Waals surface area contributed by atoms with Crippen LogP contribution in [-0.2, 0) is 25.5 Å². The number of aryl methyl sites for hydroxylation is 1. The summed E-state index contributed by atoms with van der Waals surface area (Å²) in [6.07, 6.45) is 9.05. The van der Waals surface area contributed by atoms with Gasteiger partial charge in [0.05, 0.1) is 0 Å². The molecule has 0 atom stereocenters. The molecule has 1 aromatic rings. The lowest BCUT2D eigenvalue weighted by Crippen LogP contribution is -2.24. The van der Waals surface area contributed by atoms with Crippen molar-refractivity contribution in [1.29, 1.82) is 0 Å². The Hall–Kier alpha value is -2.10. The van der Waals surface area contributed by atoms with Crippen molar-refractivity contribution in [3.8, 4) is 0 Å². The quantitative estimate of drug-likeness (QED) is 0.299. The lowest BCUT2D eigenvalue weighted by Gasteiger charge is -2.19. The van der Waals surface area contributed by atoms with Crippen molar-refractivity contribution in [3.63, 3.8) is 0 Å². The van der Waals surface area contributed by atoms with E-state index in [4.69, 9.17) is 9.47 Å². The van der Waals surface area contributed by atoms with Crippen LogP contribution in [0.2, 0.25) is 0 Å². The number of benzene rings is 1. The summed E-state index contributed by atoms with van der Waals surface area (Å²) in [6, 6.07) is 8.36. The maximum atomic E-state index is 11.3. The Kier molecular flexibility index (Phi) is 10.4. The van der Waals surface area contributed by atoms with E-state index in [1.165, 1.54) is 51.5 Å². The lowest BCUT2D eigenvalue weighted by molar-refractivity contribution is -0.178. The summed E-state index contributed by atoms with van der Waals surface area (Å²) in [5.41, 5.74) is 3.08. The molecule has 0 aromatic heterocycles. The second kappa shape index (κ2) is 12.3. The van der Waals surface area contributed by atoms with Crippen LogP contribution in [0, 0.1) is 0 Å². The van der Waals surface area contributed by atoms with E-state index in [1.807, 2.05) is 13.0 Å². The Balaban J connectivity index is 2.74. The van der Waals surface area contributed by atoms with Crippen molar-refractivity contribution in [3.05, 3.63) is 41.0 Å². The fourth-order valence-electron chi connectivity index (χ4n) is 2.74. The van der Waals surface area contributed by atoms with E-state index in [2.05, 4.69) is 31.2 Å². The molecule has 0 heterocycles. The van der Waals surface area contributed by atoms with Crippen LogP contribution in [0.25, 0.3) is 6.08 Å². The van der Waals surface area contributed by atoms with Crippen molar-refractivity contribution in [2.75, 3.05) is 0 Å². The molecule has 0 saturated carbocycles. The number of carbonyl (C=O) groups is 2. The zero-order valence-electron chi connectivity index (χ0n) is 16.5. The van der Waals surface area contributed by atoms with Crippen LogP contribution in [-0.4, -0.2) is 18.2 Å². The number of ether oxygens (including phenoxy) is 2. The molecule has 0 saturated heterocycles. The van der Waals surface area contributed by atoms with Crippen LogP contribution in [0.5, 0.6) is 0 Å². The number of unbranched alkanes of at least 4 members (excludes halogenated alkanes) is 4. The molecule has 0 aliphatic heterocycles. The molecule has 0 N–H and O–H groups in total. The minimum Gasteiger partial charge on any atom is -0.421 e. The van der Waals surface area contributed by atoms with Gasteiger partial charge >= 0.3 is 11.9 Å². The van der Waals surface area contributed by atoms with Crippen LogP contribution < -0.4 is 0 Å². The standard InChI is InChI=1S/C22H32O4/c1-5-7-8-9-10-11-19-12-14-20(15-13-19)16-21(6-2)22(25-17(3)23)26-18(4)24/h12-16,22H,5-11H2,1-4H3. The largest absolute Gasteiger partial charge is 0.421 e. The van der Waals surface area contributed by atoms with Gasteiger partial charge in [-0.2, -0.15) is 0 Å². The van der Waals surface area contributed by atoms with Gasteiger partial charge in [0.2, 0.25) is 0 Å². The smallest absolute Gasteiger partial charge is 0.305 e. The fourth-order valence-corrected chi connectivity index (χ4v) is 2.74. The topological polar surface area (TPSA) is 52.6 Å². The molecule has 0 bridgehead atoms. The van der Waals surface area contributed by atoms with E-state index in [1.54, 1.807) is 0 Å². The number of hydrogen-bond donors (Lipinski definition) is 0. The van der Waals surface area contributed by atoms with Crippen molar-refractivity contribution >= 4 is 18.0 Å². The predicted octanol–water partition coefficient (Wildman–Crippen LogP) is 5.45. The first-order chi connectivity index (χ1) is 12.5. The van der Waals surface area contributed by atoms with E-state index in [9.17, 15) is 9.59 Å². The van der Waals surface area contributed by atoms with Crippen LogP contribution in [0.1, 0.15) is 77.3 Å². The van der Waals surface area contributed by atoms with Gasteiger partial charge in [0.15, 0.2) is 0 Å². The third-order valence-corrected chi connectivity index (χ3v) is 4.16. The molecule has 0 aliphatic carbocycles. The Morgan fingerprint density at radius 3 is 2.00 bits per heavy atom. The van der Waals surface area contributed by atoms with Gasteiger partial charge < -0.3 is 9.47 Å². The van der Waals surface area contributed by atoms with Crippen molar-refractivity contribution < 1.29 is 19.1 Å². The molecule has 0 amide bonds. The second-order valence-corrected chi connectivity index (χ2v) is 6.53. The van der Waals surface area contributed by atoms with E-state index >= 15 is 0 Å². The Labute approximate surface area is 157 Å². The van der Waals surface area contributed by atoms with Crippen LogP contribution >= 0.6 is 0 Å². The van der Waals surface area contributed by atoms with E-state index in [0.29, 0.717) is 6.42 Å². The lowest BCUT2D eigenvalue weighted by atomic mass is 10.0. The number of rotatable bonds is 11. The molecular formula is C22H32O4. The molecule has 0 spiro atoms. The molecule has 0 radical (unpaired) electrons. The summed E-state index contributed by atoms with van der Waals surface area (Å²) in [7, 11) is 0. The average Bonchev–Trinajstić information content (AvgIpc) is 2.59. The maximum absolute atomic E-state index is 11.3. The minimum absolute atomic E-state index is 0.478. The highest BCUT2D eigenvalue weighted by atomic mass is 16.7. The van der Waals surface area contributed by atoms with Crippen LogP contribution in [0.4, 0.5) is 0 Å². The van der Waals surface area contributed by atoms with E-state index in [0.717, 1.165) is 17.6 Å². The molecule has 1 aromatic carbocycles. The van der Waals surface area contributed by atoms with Crippen LogP contribution in [0.15, 0.2) is 29.8 Å². The second-order valence-electron chi connectivity index (χ2n) is 6.53. The number of esters is 2. The average molecular weight is 360 g/mol. The van der Waals surface area contributed by atoms with E-state index < -0.39 is 18.2 Å². The minimum atomic E-state index is -0.965. The van der Waals surface area contributed by atoms with Gasteiger partial charge in [-0.3, -0.25) is 9.59 Å². The van der Waals surface area contributed by atoms with Gasteiger partial charge in [0.1, 0.15) is 0 Å². The molecule has 4 heteroatoms. The van der Waals surface area contributed by atoms with Crippen molar-refractivity contribution in [2.45, 2.75) is 78.9 Å². The third-order valence-electron chi connectivity index (χ3n) is 4.16. The predicted molar refractivity (Wildman–Crippen MR) is 104 cm³/mol. The molecule has 144 valence electrons. The van der Waals surface area contributed by atoms with Gasteiger partial charge in [-0.25, -0.2) is 0 Å². The Morgan fingerprint density at radius 1 is 0.923 bits per heavy atom. The first-order valence-corrected chi connectivity index (χ1v) is 9.60. The Bertz CT molecular complexity index is 571. The normalized spacial score (nSPS) is 11.5. The summed E-state index contributed by atoms with van der Waals surface area (Å²) in [5, 5.41) is 0. The SMILES string of the molecule is CCCCCCCc1ccc(C=C(CC)C(OC(C)=O)OC(C)=O)cc1. The Morgan fingerprint density at radius 2 is 1.50 bits per heavy atom. The number of hydrogen-bond acceptors (Lipinski definition) is 4. The zero-order chi connectivity index (χ0) is 19.4. The van der Waals surface area contributed by atoms with Crippen LogP contribution in [0.3, 0.4) is 0 Å².